The van der Waals surface area contributed by atoms with Gasteiger partial charge in [0.25, 0.3) is 17.5 Å². The lowest BCUT2D eigenvalue weighted by Crippen LogP contribution is -2.39. The molecular weight excluding hydrogens is 375 g/mol. The Balaban J connectivity index is 1.69. The van der Waals surface area contributed by atoms with E-state index in [1.165, 1.54) is 12.1 Å². The van der Waals surface area contributed by atoms with E-state index in [9.17, 15) is 14.0 Å². The standard InChI is InChI=1S/C21H21FN4O3/c1-12-10-15(19(27)23-2)17-18(25-29-20(17)24-12)13-6-5-9-26(11-13)21(28)14-7-3-4-8-16(14)22/h3-4,7-8,10,13H,5-6,9,11H2,1-2H3,(H,23,27). The van der Waals surface area contributed by atoms with Crippen molar-refractivity contribution in [2.75, 3.05) is 20.1 Å². The second kappa shape index (κ2) is 7.62. The van der Waals surface area contributed by atoms with E-state index in [4.69, 9.17) is 4.52 Å². The number of piperidine rings is 1. The first-order valence-electron chi connectivity index (χ1n) is 9.52. The third-order valence-corrected chi connectivity index (χ3v) is 5.27. The molecule has 8 heteroatoms. The Bertz CT molecular complexity index is 1090. The van der Waals surface area contributed by atoms with Crippen molar-refractivity contribution in [1.82, 2.24) is 20.4 Å². The first-order chi connectivity index (χ1) is 14.0. The maximum absolute atomic E-state index is 14.1. The summed E-state index contributed by atoms with van der Waals surface area (Å²) in [6.07, 6.45) is 1.53. The molecule has 2 amide bonds. The molecule has 0 aliphatic carbocycles. The first-order valence-corrected chi connectivity index (χ1v) is 9.52. The van der Waals surface area contributed by atoms with Crippen molar-refractivity contribution in [2.24, 2.45) is 0 Å². The Hall–Kier alpha value is -3.29. The van der Waals surface area contributed by atoms with Crippen molar-refractivity contribution in [2.45, 2.75) is 25.7 Å². The molecule has 2 aromatic heterocycles. The Morgan fingerprint density at radius 3 is 2.83 bits per heavy atom. The molecule has 1 aliphatic rings. The third-order valence-electron chi connectivity index (χ3n) is 5.27. The van der Waals surface area contributed by atoms with Crippen molar-refractivity contribution in [1.29, 1.82) is 0 Å². The van der Waals surface area contributed by atoms with Crippen LogP contribution in [-0.4, -0.2) is 47.0 Å². The molecule has 1 fully saturated rings. The number of pyridine rings is 1. The highest BCUT2D eigenvalue weighted by Gasteiger charge is 2.31. The summed E-state index contributed by atoms with van der Waals surface area (Å²) in [4.78, 5) is 31.2. The summed E-state index contributed by atoms with van der Waals surface area (Å²) < 4.78 is 19.5. The van der Waals surface area contributed by atoms with E-state index in [0.29, 0.717) is 41.1 Å². The molecule has 1 unspecified atom stereocenters. The van der Waals surface area contributed by atoms with Crippen molar-refractivity contribution in [3.8, 4) is 0 Å². The lowest BCUT2D eigenvalue weighted by molar-refractivity contribution is 0.0700. The van der Waals surface area contributed by atoms with Gasteiger partial charge < -0.3 is 14.7 Å². The number of fused-ring (bicyclic) bond motifs is 1. The summed E-state index contributed by atoms with van der Waals surface area (Å²) in [6, 6.07) is 7.67. The highest BCUT2D eigenvalue weighted by Crippen LogP contribution is 2.33. The van der Waals surface area contributed by atoms with E-state index in [1.54, 1.807) is 37.1 Å². The Morgan fingerprint density at radius 2 is 2.07 bits per heavy atom. The minimum atomic E-state index is -0.534. The molecule has 3 heterocycles. The van der Waals surface area contributed by atoms with Gasteiger partial charge in [-0.15, -0.1) is 0 Å². The Labute approximate surface area is 166 Å². The fraction of sp³-hybridized carbons (Fsp3) is 0.333. The molecule has 1 aromatic carbocycles. The number of hydrogen-bond donors (Lipinski definition) is 1. The number of carbonyl (C=O) groups is 2. The van der Waals surface area contributed by atoms with Gasteiger partial charge >= 0.3 is 0 Å². The lowest BCUT2D eigenvalue weighted by atomic mass is 9.91. The average Bonchev–Trinajstić information content (AvgIpc) is 3.16. The van der Waals surface area contributed by atoms with Gasteiger partial charge in [-0.3, -0.25) is 9.59 Å². The van der Waals surface area contributed by atoms with Crippen molar-refractivity contribution >= 4 is 22.9 Å². The van der Waals surface area contributed by atoms with Gasteiger partial charge in [0.05, 0.1) is 22.2 Å². The van der Waals surface area contributed by atoms with E-state index in [-0.39, 0.29) is 23.3 Å². The molecule has 150 valence electrons. The number of nitrogens with one attached hydrogen (secondary N) is 1. The van der Waals surface area contributed by atoms with E-state index < -0.39 is 5.82 Å². The molecule has 7 nitrogen and oxygen atoms in total. The van der Waals surface area contributed by atoms with Crippen LogP contribution in [0.5, 0.6) is 0 Å². The molecular formula is C21H21FN4O3. The number of benzene rings is 1. The number of amides is 2. The number of likely N-dealkylation sites (tertiary alicyclic amines) is 1. The van der Waals surface area contributed by atoms with Crippen LogP contribution >= 0.6 is 0 Å². The van der Waals surface area contributed by atoms with Crippen molar-refractivity contribution < 1.29 is 18.5 Å². The molecule has 4 rings (SSSR count). The zero-order valence-corrected chi connectivity index (χ0v) is 16.2. The van der Waals surface area contributed by atoms with Crippen LogP contribution < -0.4 is 5.32 Å². The lowest BCUT2D eigenvalue weighted by Gasteiger charge is -2.32. The maximum atomic E-state index is 14.1. The van der Waals surface area contributed by atoms with Gasteiger partial charge in [0.15, 0.2) is 0 Å². The molecule has 29 heavy (non-hydrogen) atoms. The third kappa shape index (κ3) is 3.46. The smallest absolute Gasteiger partial charge is 0.259 e. The molecule has 0 bridgehead atoms. The van der Waals surface area contributed by atoms with E-state index in [1.807, 2.05) is 0 Å². The van der Waals surface area contributed by atoms with E-state index in [0.717, 1.165) is 12.8 Å². The number of aromatic nitrogens is 2. The van der Waals surface area contributed by atoms with Crippen LogP contribution in [0, 0.1) is 12.7 Å². The van der Waals surface area contributed by atoms with Gasteiger partial charge in [-0.05, 0) is 38.0 Å². The molecule has 0 saturated carbocycles. The van der Waals surface area contributed by atoms with Crippen LogP contribution in [0.4, 0.5) is 4.39 Å². The summed E-state index contributed by atoms with van der Waals surface area (Å²) in [5, 5.41) is 7.39. The van der Waals surface area contributed by atoms with Crippen molar-refractivity contribution in [3.63, 3.8) is 0 Å². The molecule has 0 spiro atoms. The largest absolute Gasteiger partial charge is 0.355 e. The fourth-order valence-corrected chi connectivity index (χ4v) is 3.88. The second-order valence-electron chi connectivity index (χ2n) is 7.21. The summed E-state index contributed by atoms with van der Waals surface area (Å²) in [5.41, 5.74) is 2.07. The predicted octanol–water partition coefficient (Wildman–Crippen LogP) is 3.05. The predicted molar refractivity (Wildman–Crippen MR) is 104 cm³/mol. The van der Waals surface area contributed by atoms with Gasteiger partial charge in [-0.2, -0.15) is 0 Å². The summed E-state index contributed by atoms with van der Waals surface area (Å²) in [5.74, 6) is -1.26. The van der Waals surface area contributed by atoms with Crippen molar-refractivity contribution in [3.05, 3.63) is 58.7 Å². The summed E-state index contributed by atoms with van der Waals surface area (Å²) >= 11 is 0. The minimum absolute atomic E-state index is 0.0569. The van der Waals surface area contributed by atoms with Gasteiger partial charge in [-0.25, -0.2) is 9.37 Å². The Kier molecular flexibility index (Phi) is 5.00. The monoisotopic (exact) mass is 396 g/mol. The van der Waals surface area contributed by atoms with E-state index in [2.05, 4.69) is 15.5 Å². The molecule has 1 N–H and O–H groups in total. The molecule has 1 aliphatic heterocycles. The number of hydrogen-bond acceptors (Lipinski definition) is 5. The van der Waals surface area contributed by atoms with Crippen LogP contribution in [0.3, 0.4) is 0 Å². The molecule has 1 atom stereocenters. The molecule has 3 aromatic rings. The number of aryl methyl sites for hydroxylation is 1. The second-order valence-corrected chi connectivity index (χ2v) is 7.21. The van der Waals surface area contributed by atoms with Crippen LogP contribution in [-0.2, 0) is 0 Å². The quantitative estimate of drug-likeness (QED) is 0.735. The zero-order valence-electron chi connectivity index (χ0n) is 16.2. The zero-order chi connectivity index (χ0) is 20.5. The van der Waals surface area contributed by atoms with Gasteiger partial charge in [0.1, 0.15) is 5.82 Å². The maximum Gasteiger partial charge on any atom is 0.259 e. The minimum Gasteiger partial charge on any atom is -0.355 e. The fourth-order valence-electron chi connectivity index (χ4n) is 3.88. The van der Waals surface area contributed by atoms with Gasteiger partial charge in [0.2, 0.25) is 0 Å². The number of carbonyl (C=O) groups excluding carboxylic acids is 2. The number of rotatable bonds is 3. The highest BCUT2D eigenvalue weighted by atomic mass is 19.1. The summed E-state index contributed by atoms with van der Waals surface area (Å²) in [6.45, 7) is 2.69. The number of halogens is 1. The normalized spacial score (nSPS) is 16.8. The van der Waals surface area contributed by atoms with E-state index >= 15 is 0 Å². The van der Waals surface area contributed by atoms with Crippen LogP contribution in [0.25, 0.3) is 11.1 Å². The van der Waals surface area contributed by atoms with Crippen LogP contribution in [0.1, 0.15) is 50.9 Å². The summed E-state index contributed by atoms with van der Waals surface area (Å²) in [7, 11) is 1.56. The highest BCUT2D eigenvalue weighted by molar-refractivity contribution is 6.06. The SMILES string of the molecule is CNC(=O)c1cc(C)nc2onc(C3CCCN(C(=O)c4ccccc4F)C3)c12. The Morgan fingerprint density at radius 1 is 1.28 bits per heavy atom. The first kappa shape index (κ1) is 19.0. The average molecular weight is 396 g/mol. The molecule has 0 radical (unpaired) electrons. The molecule has 1 saturated heterocycles. The van der Waals surface area contributed by atoms with Crippen LogP contribution in [0.15, 0.2) is 34.9 Å². The number of nitrogens with zero attached hydrogens (tertiary/aromatic N) is 3. The van der Waals surface area contributed by atoms with Crippen LogP contribution in [0.2, 0.25) is 0 Å². The van der Waals surface area contributed by atoms with Gasteiger partial charge in [-0.1, -0.05) is 17.3 Å². The topological polar surface area (TPSA) is 88.3 Å². The van der Waals surface area contributed by atoms with Gasteiger partial charge in [0, 0.05) is 31.7 Å².